The van der Waals surface area contributed by atoms with Gasteiger partial charge in [0.25, 0.3) is 0 Å². The average Bonchev–Trinajstić information content (AvgIpc) is 2.22. The smallest absolute Gasteiger partial charge is 0.354 e. The molecule has 0 aromatic rings. The second-order valence-electron chi connectivity index (χ2n) is 2.50. The monoisotopic (exact) mass is 201 g/mol. The minimum atomic E-state index is -0.589. The van der Waals surface area contributed by atoms with E-state index in [0.717, 1.165) is 12.5 Å². The van der Waals surface area contributed by atoms with Crippen LogP contribution in [0.25, 0.3) is 0 Å². The molecular weight excluding hydrogens is 186 g/mol. The number of carbonyl (C=O) groups is 2. The summed E-state index contributed by atoms with van der Waals surface area (Å²) < 4.78 is 8.87. The van der Waals surface area contributed by atoms with E-state index >= 15 is 0 Å². The van der Waals surface area contributed by atoms with Crippen molar-refractivity contribution in [2.75, 3.05) is 20.8 Å². The second kappa shape index (κ2) is 6.94. The molecule has 0 saturated heterocycles. The number of methoxy groups -OCH3 is 2. The molecule has 0 aliphatic carbocycles. The van der Waals surface area contributed by atoms with E-state index in [0.29, 0.717) is 6.54 Å². The molecule has 0 atom stereocenters. The largest absolute Gasteiger partial charge is 0.466 e. The van der Waals surface area contributed by atoms with Gasteiger partial charge in [0.15, 0.2) is 0 Å². The highest BCUT2D eigenvalue weighted by Gasteiger charge is 2.10. The molecule has 14 heavy (non-hydrogen) atoms. The lowest BCUT2D eigenvalue weighted by Crippen LogP contribution is -2.23. The summed E-state index contributed by atoms with van der Waals surface area (Å²) >= 11 is 0. The Labute approximate surface area is 83.1 Å². The van der Waals surface area contributed by atoms with Gasteiger partial charge in [-0.25, -0.2) is 9.59 Å². The third-order valence-electron chi connectivity index (χ3n) is 1.43. The zero-order chi connectivity index (χ0) is 11.0. The average molecular weight is 201 g/mol. The Morgan fingerprint density at radius 2 is 1.93 bits per heavy atom. The highest BCUT2D eigenvalue weighted by Crippen LogP contribution is 1.94. The van der Waals surface area contributed by atoms with Crippen LogP contribution in [0.5, 0.6) is 0 Å². The molecule has 0 heterocycles. The highest BCUT2D eigenvalue weighted by molar-refractivity contribution is 5.95. The van der Waals surface area contributed by atoms with Crippen molar-refractivity contribution in [3.8, 4) is 0 Å². The minimum Gasteiger partial charge on any atom is -0.466 e. The van der Waals surface area contributed by atoms with Gasteiger partial charge in [-0.15, -0.1) is 0 Å². The van der Waals surface area contributed by atoms with Crippen LogP contribution in [-0.2, 0) is 19.1 Å². The second-order valence-corrected chi connectivity index (χ2v) is 2.50. The summed E-state index contributed by atoms with van der Waals surface area (Å²) in [4.78, 5) is 22.0. The first kappa shape index (κ1) is 12.5. The van der Waals surface area contributed by atoms with E-state index in [1.807, 2.05) is 6.92 Å². The molecule has 5 nitrogen and oxygen atoms in total. The molecule has 1 N–H and O–H groups in total. The van der Waals surface area contributed by atoms with Crippen LogP contribution in [0.1, 0.15) is 13.3 Å². The third kappa shape index (κ3) is 4.49. The molecule has 0 aromatic carbocycles. The van der Waals surface area contributed by atoms with E-state index in [-0.39, 0.29) is 5.70 Å². The molecule has 0 fully saturated rings. The number of hydrogen-bond acceptors (Lipinski definition) is 5. The van der Waals surface area contributed by atoms with E-state index in [2.05, 4.69) is 14.8 Å². The predicted molar refractivity (Wildman–Crippen MR) is 50.4 cm³/mol. The number of ether oxygens (including phenoxy) is 2. The minimum absolute atomic E-state index is 0.112. The lowest BCUT2D eigenvalue weighted by atomic mass is 10.3. The van der Waals surface area contributed by atoms with Crippen LogP contribution < -0.4 is 5.32 Å². The van der Waals surface area contributed by atoms with E-state index in [1.165, 1.54) is 14.2 Å². The summed E-state index contributed by atoms with van der Waals surface area (Å²) in [5, 5.41) is 2.77. The summed E-state index contributed by atoms with van der Waals surface area (Å²) in [5.74, 6) is -1.17. The Hall–Kier alpha value is -1.52. The van der Waals surface area contributed by atoms with Crippen LogP contribution in [0, 0.1) is 0 Å². The van der Waals surface area contributed by atoms with Crippen LogP contribution in [-0.4, -0.2) is 32.7 Å². The molecule has 0 radical (unpaired) electrons. The Kier molecular flexibility index (Phi) is 6.19. The van der Waals surface area contributed by atoms with Crippen LogP contribution in [0.3, 0.4) is 0 Å². The van der Waals surface area contributed by atoms with Gasteiger partial charge < -0.3 is 14.8 Å². The van der Waals surface area contributed by atoms with Gasteiger partial charge >= 0.3 is 11.9 Å². The molecule has 0 aromatic heterocycles. The lowest BCUT2D eigenvalue weighted by molar-refractivity contribution is -0.138. The Balaban J connectivity index is 4.45. The van der Waals surface area contributed by atoms with E-state index < -0.39 is 11.9 Å². The first-order valence-electron chi connectivity index (χ1n) is 4.27. The van der Waals surface area contributed by atoms with E-state index in [1.54, 1.807) is 0 Å². The number of esters is 2. The van der Waals surface area contributed by atoms with Gasteiger partial charge in [0.05, 0.1) is 20.3 Å². The fraction of sp³-hybridized carbons (Fsp3) is 0.556. The highest BCUT2D eigenvalue weighted by atomic mass is 16.5. The Bertz CT molecular complexity index is 235. The third-order valence-corrected chi connectivity index (χ3v) is 1.43. The maximum Gasteiger partial charge on any atom is 0.354 e. The molecule has 0 bridgehead atoms. The molecule has 0 spiro atoms. The van der Waals surface area contributed by atoms with Gasteiger partial charge in [-0.1, -0.05) is 6.92 Å². The quantitative estimate of drug-likeness (QED) is 0.509. The molecule has 5 heteroatoms. The first-order chi connectivity index (χ1) is 6.65. The fourth-order valence-corrected chi connectivity index (χ4v) is 0.729. The molecule has 0 aliphatic rings. The van der Waals surface area contributed by atoms with E-state index in [4.69, 9.17) is 0 Å². The van der Waals surface area contributed by atoms with Gasteiger partial charge in [-0.05, 0) is 6.42 Å². The summed E-state index contributed by atoms with van der Waals surface area (Å²) in [6.07, 6.45) is 1.91. The van der Waals surface area contributed by atoms with Crippen molar-refractivity contribution in [2.45, 2.75) is 13.3 Å². The zero-order valence-electron chi connectivity index (χ0n) is 8.62. The number of carbonyl (C=O) groups excluding carboxylic acids is 2. The summed E-state index contributed by atoms with van der Waals surface area (Å²) in [6.45, 7) is 2.54. The van der Waals surface area contributed by atoms with Crippen molar-refractivity contribution in [2.24, 2.45) is 0 Å². The molecule has 0 amide bonds. The standard InChI is InChI=1S/C9H15NO4/c1-4-5-10-7(9(12)14-3)6-8(11)13-2/h6,10H,4-5H2,1-3H3. The van der Waals surface area contributed by atoms with Crippen molar-refractivity contribution in [3.63, 3.8) is 0 Å². The first-order valence-corrected chi connectivity index (χ1v) is 4.27. The van der Waals surface area contributed by atoms with Crippen molar-refractivity contribution >= 4 is 11.9 Å². The summed E-state index contributed by atoms with van der Waals surface area (Å²) in [6, 6.07) is 0. The molecule has 80 valence electrons. The maximum atomic E-state index is 11.1. The van der Waals surface area contributed by atoms with Gasteiger partial charge in [0.2, 0.25) is 0 Å². The van der Waals surface area contributed by atoms with E-state index in [9.17, 15) is 9.59 Å². The van der Waals surface area contributed by atoms with Gasteiger partial charge in [-0.3, -0.25) is 0 Å². The van der Waals surface area contributed by atoms with Gasteiger partial charge in [0.1, 0.15) is 5.70 Å². The molecule has 0 aliphatic heterocycles. The maximum absolute atomic E-state index is 11.1. The fourth-order valence-electron chi connectivity index (χ4n) is 0.729. The van der Waals surface area contributed by atoms with Crippen molar-refractivity contribution in [3.05, 3.63) is 11.8 Å². The summed E-state index contributed by atoms with van der Waals surface area (Å²) in [5.41, 5.74) is 0.112. The van der Waals surface area contributed by atoms with Crippen LogP contribution >= 0.6 is 0 Å². The molecule has 0 saturated carbocycles. The van der Waals surface area contributed by atoms with Gasteiger partial charge in [0, 0.05) is 6.54 Å². The summed E-state index contributed by atoms with van der Waals surface area (Å²) in [7, 11) is 2.49. The molecule has 0 rings (SSSR count). The lowest BCUT2D eigenvalue weighted by Gasteiger charge is -2.06. The van der Waals surface area contributed by atoms with Gasteiger partial charge in [-0.2, -0.15) is 0 Å². The SMILES string of the molecule is CCCNC(=CC(=O)OC)C(=O)OC. The normalized spacial score (nSPS) is 10.6. The Morgan fingerprint density at radius 1 is 1.29 bits per heavy atom. The zero-order valence-corrected chi connectivity index (χ0v) is 8.62. The van der Waals surface area contributed by atoms with Crippen molar-refractivity contribution in [1.29, 1.82) is 0 Å². The predicted octanol–water partition coefficient (Wildman–Crippen LogP) is 0.216. The van der Waals surface area contributed by atoms with Crippen molar-refractivity contribution < 1.29 is 19.1 Å². The van der Waals surface area contributed by atoms with Crippen LogP contribution in [0.4, 0.5) is 0 Å². The topological polar surface area (TPSA) is 64.6 Å². The van der Waals surface area contributed by atoms with Crippen LogP contribution in [0.15, 0.2) is 11.8 Å². The van der Waals surface area contributed by atoms with Crippen LogP contribution in [0.2, 0.25) is 0 Å². The van der Waals surface area contributed by atoms with Crippen molar-refractivity contribution in [1.82, 2.24) is 5.32 Å². The number of hydrogen-bond donors (Lipinski definition) is 1. The molecule has 0 unspecified atom stereocenters. The molecular formula is C9H15NO4. The number of nitrogens with one attached hydrogen (secondary N) is 1. The Morgan fingerprint density at radius 3 is 2.36 bits per heavy atom. The number of rotatable bonds is 5.